The second kappa shape index (κ2) is 6.44. The van der Waals surface area contributed by atoms with Crippen LogP contribution in [0.1, 0.15) is 21.6 Å². The van der Waals surface area contributed by atoms with Gasteiger partial charge in [-0.05, 0) is 31.2 Å². The molecule has 0 bridgehead atoms. The van der Waals surface area contributed by atoms with Crippen molar-refractivity contribution in [1.29, 1.82) is 0 Å². The summed E-state index contributed by atoms with van der Waals surface area (Å²) in [5, 5.41) is 5.84. The molecule has 0 saturated carbocycles. The molecule has 2 aromatic carbocycles. The summed E-state index contributed by atoms with van der Waals surface area (Å²) in [6.45, 7) is 1.96. The van der Waals surface area contributed by atoms with Gasteiger partial charge in [0.2, 0.25) is 0 Å². The van der Waals surface area contributed by atoms with Crippen LogP contribution in [0.5, 0.6) is 0 Å². The molecule has 1 heterocycles. The van der Waals surface area contributed by atoms with Gasteiger partial charge in [-0.3, -0.25) is 4.79 Å². The van der Waals surface area contributed by atoms with Gasteiger partial charge < -0.3 is 4.98 Å². The van der Waals surface area contributed by atoms with E-state index in [-0.39, 0.29) is 10.9 Å². The zero-order valence-electron chi connectivity index (χ0n) is 12.2. The zero-order chi connectivity index (χ0) is 16.4. The van der Waals surface area contributed by atoms with E-state index in [1.807, 2.05) is 31.2 Å². The number of benzene rings is 2. The molecule has 6 heteroatoms. The van der Waals surface area contributed by atoms with Crippen molar-refractivity contribution >= 4 is 46.2 Å². The molecule has 3 aromatic rings. The summed E-state index contributed by atoms with van der Waals surface area (Å²) in [7, 11) is 0. The quantitative estimate of drug-likeness (QED) is 0.531. The Balaban J connectivity index is 1.80. The fourth-order valence-electron chi connectivity index (χ4n) is 2.35. The highest BCUT2D eigenvalue weighted by Crippen LogP contribution is 2.21. The number of fused-ring (bicyclic) bond motifs is 1. The number of hydrazone groups is 1. The van der Waals surface area contributed by atoms with Gasteiger partial charge in [0.1, 0.15) is 0 Å². The van der Waals surface area contributed by atoms with Crippen LogP contribution in [-0.4, -0.2) is 17.1 Å². The highest BCUT2D eigenvalue weighted by molar-refractivity contribution is 6.36. The van der Waals surface area contributed by atoms with Crippen LogP contribution in [0.3, 0.4) is 0 Å². The van der Waals surface area contributed by atoms with E-state index in [1.165, 1.54) is 6.07 Å². The van der Waals surface area contributed by atoms with Crippen molar-refractivity contribution < 1.29 is 4.79 Å². The number of rotatable bonds is 3. The lowest BCUT2D eigenvalue weighted by Crippen LogP contribution is -2.18. The first-order valence-electron chi connectivity index (χ1n) is 6.92. The van der Waals surface area contributed by atoms with Gasteiger partial charge in [-0.15, -0.1) is 0 Å². The summed E-state index contributed by atoms with van der Waals surface area (Å²) in [6.07, 6.45) is 1.62. The van der Waals surface area contributed by atoms with Gasteiger partial charge in [0.05, 0.1) is 16.8 Å². The maximum atomic E-state index is 12.1. The summed E-state index contributed by atoms with van der Waals surface area (Å²) in [5.74, 6) is -0.389. The molecule has 0 radical (unpaired) electrons. The fourth-order valence-corrected chi connectivity index (χ4v) is 2.85. The first-order chi connectivity index (χ1) is 11.1. The lowest BCUT2D eigenvalue weighted by atomic mass is 10.1. The second-order valence-corrected chi connectivity index (χ2v) is 5.88. The number of H-pyrrole nitrogens is 1. The third-order valence-electron chi connectivity index (χ3n) is 3.48. The lowest BCUT2D eigenvalue weighted by molar-refractivity contribution is 0.0955. The molecule has 4 nitrogen and oxygen atoms in total. The molecule has 0 spiro atoms. The van der Waals surface area contributed by atoms with Crippen LogP contribution in [-0.2, 0) is 0 Å². The van der Waals surface area contributed by atoms with Crippen molar-refractivity contribution in [3.63, 3.8) is 0 Å². The Labute approximate surface area is 143 Å². The normalized spacial score (nSPS) is 11.3. The highest BCUT2D eigenvalue weighted by Gasteiger charge is 2.10. The standard InChI is InChI=1S/C17H13Cl2N3O/c1-10-14(12-4-2-3-5-16(12)21-10)9-20-22-17(23)13-7-6-11(18)8-15(13)19/h2-9,21H,1H3,(H,22,23)/b20-9+. The number of carbonyl (C=O) groups is 1. The van der Waals surface area contributed by atoms with Gasteiger partial charge in [0.25, 0.3) is 5.91 Å². The minimum absolute atomic E-state index is 0.286. The number of aromatic amines is 1. The van der Waals surface area contributed by atoms with Crippen LogP contribution in [0.25, 0.3) is 10.9 Å². The van der Waals surface area contributed by atoms with Crippen LogP contribution in [0.4, 0.5) is 0 Å². The van der Waals surface area contributed by atoms with Gasteiger partial charge >= 0.3 is 0 Å². The van der Waals surface area contributed by atoms with Crippen molar-refractivity contribution in [1.82, 2.24) is 10.4 Å². The van der Waals surface area contributed by atoms with Crippen LogP contribution >= 0.6 is 23.2 Å². The fraction of sp³-hybridized carbons (Fsp3) is 0.0588. The van der Waals surface area contributed by atoms with Crippen LogP contribution in [0.2, 0.25) is 10.0 Å². The molecule has 0 aliphatic rings. The van der Waals surface area contributed by atoms with E-state index in [0.717, 1.165) is 22.2 Å². The number of hydrogen-bond acceptors (Lipinski definition) is 2. The van der Waals surface area contributed by atoms with Gasteiger partial charge in [-0.1, -0.05) is 41.4 Å². The van der Waals surface area contributed by atoms with Gasteiger partial charge in [-0.2, -0.15) is 5.10 Å². The molecule has 3 rings (SSSR count). The van der Waals surface area contributed by atoms with E-state index >= 15 is 0 Å². The number of nitrogens with one attached hydrogen (secondary N) is 2. The Bertz CT molecular complexity index is 915. The minimum atomic E-state index is -0.389. The Hall–Kier alpha value is -2.30. The van der Waals surface area contributed by atoms with Crippen molar-refractivity contribution in [2.75, 3.05) is 0 Å². The highest BCUT2D eigenvalue weighted by atomic mass is 35.5. The molecule has 0 atom stereocenters. The summed E-state index contributed by atoms with van der Waals surface area (Å²) in [6, 6.07) is 12.6. The molecule has 0 saturated heterocycles. The van der Waals surface area contributed by atoms with Crippen molar-refractivity contribution in [2.45, 2.75) is 6.92 Å². The van der Waals surface area contributed by atoms with E-state index in [9.17, 15) is 4.79 Å². The molecule has 0 aliphatic heterocycles. The summed E-state index contributed by atoms with van der Waals surface area (Å²) >= 11 is 11.8. The average Bonchev–Trinajstić information content (AvgIpc) is 2.83. The maximum absolute atomic E-state index is 12.1. The Morgan fingerprint density at radius 1 is 1.22 bits per heavy atom. The summed E-state index contributed by atoms with van der Waals surface area (Å²) < 4.78 is 0. The molecule has 0 aliphatic carbocycles. The largest absolute Gasteiger partial charge is 0.358 e. The topological polar surface area (TPSA) is 57.2 Å². The first-order valence-corrected chi connectivity index (χ1v) is 7.67. The van der Waals surface area contributed by atoms with Crippen molar-refractivity contribution in [2.24, 2.45) is 5.10 Å². The second-order valence-electron chi connectivity index (χ2n) is 5.03. The Morgan fingerprint density at radius 3 is 2.78 bits per heavy atom. The summed E-state index contributed by atoms with van der Waals surface area (Å²) in [5.41, 5.74) is 5.74. The minimum Gasteiger partial charge on any atom is -0.358 e. The van der Waals surface area contributed by atoms with E-state index in [1.54, 1.807) is 18.3 Å². The first kappa shape index (κ1) is 15.6. The van der Waals surface area contributed by atoms with Crippen molar-refractivity contribution in [3.8, 4) is 0 Å². The number of nitrogens with zero attached hydrogens (tertiary/aromatic N) is 1. The number of carbonyl (C=O) groups excluding carboxylic acids is 1. The number of halogens is 2. The van der Waals surface area contributed by atoms with E-state index in [0.29, 0.717) is 10.6 Å². The molecule has 2 N–H and O–H groups in total. The number of amides is 1. The Kier molecular flexibility index (Phi) is 4.37. The number of aryl methyl sites for hydroxylation is 1. The van der Waals surface area contributed by atoms with Gasteiger partial charge in [0.15, 0.2) is 0 Å². The van der Waals surface area contributed by atoms with Gasteiger partial charge in [0, 0.05) is 27.2 Å². The monoisotopic (exact) mass is 345 g/mol. The van der Waals surface area contributed by atoms with Crippen LogP contribution in [0, 0.1) is 6.92 Å². The molecule has 0 unspecified atom stereocenters. The Morgan fingerprint density at radius 2 is 2.00 bits per heavy atom. The zero-order valence-corrected chi connectivity index (χ0v) is 13.7. The van der Waals surface area contributed by atoms with E-state index in [2.05, 4.69) is 15.5 Å². The molecule has 1 amide bonds. The number of aromatic nitrogens is 1. The molecule has 116 valence electrons. The van der Waals surface area contributed by atoms with Gasteiger partial charge in [-0.25, -0.2) is 5.43 Å². The number of para-hydroxylation sites is 1. The molecule has 23 heavy (non-hydrogen) atoms. The third kappa shape index (κ3) is 3.23. The third-order valence-corrected chi connectivity index (χ3v) is 4.03. The molecular formula is C17H13Cl2N3O. The molecular weight excluding hydrogens is 333 g/mol. The van der Waals surface area contributed by atoms with E-state index in [4.69, 9.17) is 23.2 Å². The maximum Gasteiger partial charge on any atom is 0.272 e. The smallest absolute Gasteiger partial charge is 0.272 e. The van der Waals surface area contributed by atoms with Crippen LogP contribution in [0.15, 0.2) is 47.6 Å². The predicted octanol–water partition coefficient (Wildman–Crippen LogP) is 4.55. The average molecular weight is 346 g/mol. The number of hydrogen-bond donors (Lipinski definition) is 2. The SMILES string of the molecule is Cc1[nH]c2ccccc2c1/C=N/NC(=O)c1ccc(Cl)cc1Cl. The molecule has 0 fully saturated rings. The summed E-state index contributed by atoms with van der Waals surface area (Å²) in [4.78, 5) is 15.4. The van der Waals surface area contributed by atoms with Crippen LogP contribution < -0.4 is 5.43 Å². The molecule has 1 aromatic heterocycles. The lowest BCUT2D eigenvalue weighted by Gasteiger charge is -2.02. The van der Waals surface area contributed by atoms with Crippen molar-refractivity contribution in [3.05, 3.63) is 69.3 Å². The van der Waals surface area contributed by atoms with E-state index < -0.39 is 0 Å². The predicted molar refractivity (Wildman–Crippen MR) is 94.6 cm³/mol.